The highest BCUT2D eigenvalue weighted by Crippen LogP contribution is 2.33. The summed E-state index contributed by atoms with van der Waals surface area (Å²) < 4.78 is 40.0. The fraction of sp³-hybridized carbons (Fsp3) is 0.350. The summed E-state index contributed by atoms with van der Waals surface area (Å²) in [6, 6.07) is 5.46. The Hall–Kier alpha value is -2.87. The van der Waals surface area contributed by atoms with Gasteiger partial charge >= 0.3 is 5.97 Å². The van der Waals surface area contributed by atoms with Crippen LogP contribution in [0.1, 0.15) is 41.5 Å². The van der Waals surface area contributed by atoms with Crippen LogP contribution in [0, 0.1) is 18.6 Å². The predicted molar refractivity (Wildman–Crippen MR) is 97.8 cm³/mol. The van der Waals surface area contributed by atoms with Gasteiger partial charge in [-0.1, -0.05) is 0 Å². The Balaban J connectivity index is 1.88. The third kappa shape index (κ3) is 3.13. The van der Waals surface area contributed by atoms with Crippen molar-refractivity contribution in [2.75, 3.05) is 13.7 Å². The van der Waals surface area contributed by atoms with E-state index < -0.39 is 17.6 Å². The van der Waals surface area contributed by atoms with Crippen LogP contribution < -0.4 is 0 Å². The lowest BCUT2D eigenvalue weighted by atomic mass is 10.1. The van der Waals surface area contributed by atoms with Crippen LogP contribution in [0.4, 0.5) is 8.78 Å². The lowest BCUT2D eigenvalue weighted by molar-refractivity contribution is -0.0365. The maximum atomic E-state index is 14.0. The van der Waals surface area contributed by atoms with Gasteiger partial charge in [0.15, 0.2) is 17.9 Å². The van der Waals surface area contributed by atoms with E-state index in [1.54, 1.807) is 23.7 Å². The van der Waals surface area contributed by atoms with Gasteiger partial charge in [0, 0.05) is 18.1 Å². The number of ether oxygens (including phenoxy) is 2. The molecule has 1 unspecified atom stereocenters. The van der Waals surface area contributed by atoms with Gasteiger partial charge in [-0.3, -0.25) is 4.98 Å². The summed E-state index contributed by atoms with van der Waals surface area (Å²) in [5.41, 5.74) is 2.10. The van der Waals surface area contributed by atoms with Gasteiger partial charge in [-0.25, -0.2) is 18.3 Å². The molecular formula is C20H19F2N3O3. The molecule has 1 aliphatic heterocycles. The molecule has 146 valence electrons. The first-order valence-electron chi connectivity index (χ1n) is 9.05. The smallest absolute Gasteiger partial charge is 0.339 e. The highest BCUT2D eigenvalue weighted by molar-refractivity contribution is 5.94. The standard InChI is InChI=1S/C20H19F2N3O3/c1-11-12(20(26)27-2)6-7-16(23-11)19-13-9-14(21)15(22)10-17(13)25(24-19)18-5-3-4-8-28-18/h6-7,9-10,18H,3-5,8H2,1-2H3. The summed E-state index contributed by atoms with van der Waals surface area (Å²) in [6.45, 7) is 2.27. The zero-order valence-corrected chi connectivity index (χ0v) is 15.5. The summed E-state index contributed by atoms with van der Waals surface area (Å²) in [6.07, 6.45) is 2.32. The van der Waals surface area contributed by atoms with Crippen molar-refractivity contribution in [1.82, 2.24) is 14.8 Å². The molecule has 3 heterocycles. The zero-order valence-electron chi connectivity index (χ0n) is 15.5. The molecule has 1 aliphatic rings. The Labute approximate surface area is 160 Å². The molecule has 0 aliphatic carbocycles. The second kappa shape index (κ2) is 7.27. The van der Waals surface area contributed by atoms with E-state index in [0.29, 0.717) is 40.2 Å². The number of methoxy groups -OCH3 is 1. The van der Waals surface area contributed by atoms with Crippen molar-refractivity contribution in [3.05, 3.63) is 47.2 Å². The van der Waals surface area contributed by atoms with Crippen LogP contribution >= 0.6 is 0 Å². The van der Waals surface area contributed by atoms with Crippen molar-refractivity contribution in [3.8, 4) is 11.4 Å². The topological polar surface area (TPSA) is 66.2 Å². The second-order valence-corrected chi connectivity index (χ2v) is 6.72. The first-order chi connectivity index (χ1) is 13.5. The third-order valence-electron chi connectivity index (χ3n) is 4.91. The van der Waals surface area contributed by atoms with E-state index >= 15 is 0 Å². The number of rotatable bonds is 3. The van der Waals surface area contributed by atoms with Crippen LogP contribution in [0.5, 0.6) is 0 Å². The van der Waals surface area contributed by atoms with Crippen LogP contribution in [0.15, 0.2) is 24.3 Å². The Kier molecular flexibility index (Phi) is 4.80. The molecule has 4 rings (SSSR count). The summed E-state index contributed by atoms with van der Waals surface area (Å²) in [7, 11) is 1.30. The van der Waals surface area contributed by atoms with Gasteiger partial charge in [-0.15, -0.1) is 0 Å². The Morgan fingerprint density at radius 1 is 1.25 bits per heavy atom. The van der Waals surface area contributed by atoms with Crippen LogP contribution in [-0.2, 0) is 9.47 Å². The summed E-state index contributed by atoms with van der Waals surface area (Å²) in [5, 5.41) is 5.02. The first kappa shape index (κ1) is 18.5. The number of carbonyl (C=O) groups excluding carboxylic acids is 1. The molecule has 0 spiro atoms. The molecule has 6 nitrogen and oxygen atoms in total. The molecule has 0 radical (unpaired) electrons. The molecule has 3 aromatic rings. The van der Waals surface area contributed by atoms with E-state index in [2.05, 4.69) is 10.1 Å². The number of nitrogens with zero attached hydrogens (tertiary/aromatic N) is 3. The molecule has 0 saturated carbocycles. The Morgan fingerprint density at radius 3 is 2.71 bits per heavy atom. The predicted octanol–water partition coefficient (Wildman–Crippen LogP) is 4.17. The fourth-order valence-corrected chi connectivity index (χ4v) is 3.47. The molecule has 1 saturated heterocycles. The highest BCUT2D eigenvalue weighted by atomic mass is 19.2. The summed E-state index contributed by atoms with van der Waals surface area (Å²) in [5.74, 6) is -2.39. The van der Waals surface area contributed by atoms with E-state index in [9.17, 15) is 13.6 Å². The average molecular weight is 387 g/mol. The first-order valence-corrected chi connectivity index (χ1v) is 9.05. The van der Waals surface area contributed by atoms with Crippen LogP contribution in [0.25, 0.3) is 22.3 Å². The number of aryl methyl sites for hydroxylation is 1. The van der Waals surface area contributed by atoms with Crippen molar-refractivity contribution in [2.24, 2.45) is 0 Å². The monoisotopic (exact) mass is 387 g/mol. The molecule has 1 aromatic carbocycles. The maximum absolute atomic E-state index is 14.0. The molecule has 0 N–H and O–H groups in total. The van der Waals surface area contributed by atoms with Gasteiger partial charge in [0.2, 0.25) is 0 Å². The molecule has 0 bridgehead atoms. The number of halogens is 2. The van der Waals surface area contributed by atoms with E-state index in [4.69, 9.17) is 9.47 Å². The minimum absolute atomic E-state index is 0.336. The second-order valence-electron chi connectivity index (χ2n) is 6.72. The molecule has 8 heteroatoms. The highest BCUT2D eigenvalue weighted by Gasteiger charge is 2.24. The van der Waals surface area contributed by atoms with Crippen LogP contribution in [-0.4, -0.2) is 34.5 Å². The van der Waals surface area contributed by atoms with Gasteiger partial charge in [0.25, 0.3) is 0 Å². The van der Waals surface area contributed by atoms with E-state index in [1.165, 1.54) is 7.11 Å². The maximum Gasteiger partial charge on any atom is 0.339 e. The Bertz CT molecular complexity index is 1060. The van der Waals surface area contributed by atoms with Crippen molar-refractivity contribution in [1.29, 1.82) is 0 Å². The molecule has 2 aromatic heterocycles. The SMILES string of the molecule is COC(=O)c1ccc(-c2nn(C3CCCCO3)c3cc(F)c(F)cc23)nc1C. The van der Waals surface area contributed by atoms with Gasteiger partial charge in [-0.2, -0.15) is 5.10 Å². The van der Waals surface area contributed by atoms with Gasteiger partial charge in [0.1, 0.15) is 5.69 Å². The van der Waals surface area contributed by atoms with Crippen molar-refractivity contribution in [2.45, 2.75) is 32.4 Å². The van der Waals surface area contributed by atoms with Crippen LogP contribution in [0.3, 0.4) is 0 Å². The lowest BCUT2D eigenvalue weighted by Crippen LogP contribution is -2.19. The number of carbonyl (C=O) groups is 1. The summed E-state index contributed by atoms with van der Waals surface area (Å²) >= 11 is 0. The third-order valence-corrected chi connectivity index (χ3v) is 4.91. The van der Waals surface area contributed by atoms with E-state index in [-0.39, 0.29) is 6.23 Å². The number of pyridine rings is 1. The van der Waals surface area contributed by atoms with Crippen molar-refractivity contribution < 1.29 is 23.0 Å². The molecule has 0 amide bonds. The van der Waals surface area contributed by atoms with Gasteiger partial charge in [0.05, 0.1) is 29.6 Å². The number of hydrogen-bond donors (Lipinski definition) is 0. The van der Waals surface area contributed by atoms with Crippen molar-refractivity contribution >= 4 is 16.9 Å². The molecule has 28 heavy (non-hydrogen) atoms. The number of esters is 1. The Morgan fingerprint density at radius 2 is 2.04 bits per heavy atom. The minimum atomic E-state index is -0.958. The van der Waals surface area contributed by atoms with E-state index in [0.717, 1.165) is 31.4 Å². The number of aromatic nitrogens is 3. The van der Waals surface area contributed by atoms with Crippen molar-refractivity contribution in [3.63, 3.8) is 0 Å². The minimum Gasteiger partial charge on any atom is -0.465 e. The van der Waals surface area contributed by atoms with Crippen LogP contribution in [0.2, 0.25) is 0 Å². The largest absolute Gasteiger partial charge is 0.465 e. The van der Waals surface area contributed by atoms with Gasteiger partial charge in [-0.05, 0) is 44.4 Å². The average Bonchev–Trinajstić information content (AvgIpc) is 3.06. The summed E-state index contributed by atoms with van der Waals surface area (Å²) in [4.78, 5) is 16.2. The van der Waals surface area contributed by atoms with E-state index in [1.807, 2.05) is 0 Å². The normalized spacial score (nSPS) is 17.1. The van der Waals surface area contributed by atoms with Gasteiger partial charge < -0.3 is 9.47 Å². The fourth-order valence-electron chi connectivity index (χ4n) is 3.47. The molecule has 1 atom stereocenters. The number of benzene rings is 1. The quantitative estimate of drug-likeness (QED) is 0.631. The molecule has 1 fully saturated rings. The molecular weight excluding hydrogens is 368 g/mol. The number of fused-ring (bicyclic) bond motifs is 1. The lowest BCUT2D eigenvalue weighted by Gasteiger charge is -2.23. The number of hydrogen-bond acceptors (Lipinski definition) is 5. The zero-order chi connectivity index (χ0) is 19.8.